The number of rotatable bonds is 5. The van der Waals surface area contributed by atoms with Gasteiger partial charge in [0.15, 0.2) is 28.8 Å². The summed E-state index contributed by atoms with van der Waals surface area (Å²) < 4.78 is 16.2. The highest BCUT2D eigenvalue weighted by Crippen LogP contribution is 2.43. The molecule has 1 aliphatic rings. The fourth-order valence-electron chi connectivity index (χ4n) is 3.87. The molecule has 0 saturated carbocycles. The van der Waals surface area contributed by atoms with Gasteiger partial charge in [-0.2, -0.15) is 0 Å². The summed E-state index contributed by atoms with van der Waals surface area (Å²) in [6.07, 6.45) is 3.18. The maximum atomic E-state index is 12.9. The van der Waals surface area contributed by atoms with E-state index in [0.717, 1.165) is 0 Å². The van der Waals surface area contributed by atoms with Crippen LogP contribution in [0.5, 0.6) is 28.7 Å². The summed E-state index contributed by atoms with van der Waals surface area (Å²) in [5.41, 5.74) is -0.278. The van der Waals surface area contributed by atoms with Crippen LogP contribution in [0.2, 0.25) is 0 Å². The predicted octanol–water partition coefficient (Wildman–Crippen LogP) is 3.97. The molecule has 35 heavy (non-hydrogen) atoms. The number of hydrogen-bond donors (Lipinski definition) is 4. The molecule has 9 nitrogen and oxygen atoms in total. The molecule has 0 fully saturated rings. The first-order valence-corrected chi connectivity index (χ1v) is 10.5. The molecule has 2 aromatic carbocycles. The maximum absolute atomic E-state index is 12.9. The van der Waals surface area contributed by atoms with Crippen molar-refractivity contribution in [1.82, 2.24) is 0 Å². The first kappa shape index (κ1) is 23.5. The molecule has 0 aliphatic carbocycles. The SMILES string of the molecule is COc1cc(C=Cc2cc(O)c([C@H]3C(=O)C=C(C)O[C@@H]3c3ccc(O)c(O)c3)c(=O)o2)ccc1O. The lowest BCUT2D eigenvalue weighted by Crippen LogP contribution is -2.29. The number of allylic oxidation sites excluding steroid dienone is 2. The summed E-state index contributed by atoms with van der Waals surface area (Å²) in [4.78, 5) is 25.8. The number of aromatic hydroxyl groups is 4. The van der Waals surface area contributed by atoms with Gasteiger partial charge in [-0.15, -0.1) is 0 Å². The van der Waals surface area contributed by atoms with E-state index in [0.29, 0.717) is 11.1 Å². The van der Waals surface area contributed by atoms with Crippen LogP contribution < -0.4 is 10.4 Å². The van der Waals surface area contributed by atoms with Crippen LogP contribution in [-0.2, 0) is 9.53 Å². The molecule has 1 aliphatic heterocycles. The van der Waals surface area contributed by atoms with Crippen molar-refractivity contribution in [2.75, 3.05) is 7.11 Å². The van der Waals surface area contributed by atoms with Crippen LogP contribution in [0.3, 0.4) is 0 Å². The van der Waals surface area contributed by atoms with Crippen LogP contribution in [-0.4, -0.2) is 33.3 Å². The van der Waals surface area contributed by atoms with Gasteiger partial charge in [0.2, 0.25) is 0 Å². The van der Waals surface area contributed by atoms with Crippen molar-refractivity contribution in [3.8, 4) is 28.7 Å². The lowest BCUT2D eigenvalue weighted by Gasteiger charge is -2.30. The average molecular weight is 478 g/mol. The topological polar surface area (TPSA) is 147 Å². The second kappa shape index (κ2) is 9.30. The summed E-state index contributed by atoms with van der Waals surface area (Å²) in [5.74, 6) is -2.44. The quantitative estimate of drug-likeness (QED) is 0.400. The summed E-state index contributed by atoms with van der Waals surface area (Å²) in [7, 11) is 1.41. The standard InChI is InChI=1S/C26H22O9/c1-13-9-20(30)23(25(34-13)15-5-8-17(27)19(29)11-15)24-21(31)12-16(35-26(24)32)6-3-14-4-7-18(28)22(10-14)33-2/h3-12,23,25,27-29,31H,1-2H3/t23-,25-/m1/s1. The average Bonchev–Trinajstić information content (AvgIpc) is 2.81. The number of benzene rings is 2. The maximum Gasteiger partial charge on any atom is 0.344 e. The van der Waals surface area contributed by atoms with E-state index >= 15 is 0 Å². The van der Waals surface area contributed by atoms with Gasteiger partial charge in [0.25, 0.3) is 0 Å². The molecule has 0 bridgehead atoms. The third-order valence-electron chi connectivity index (χ3n) is 5.54. The zero-order chi connectivity index (χ0) is 25.3. The van der Waals surface area contributed by atoms with Crippen LogP contribution in [0.1, 0.15) is 41.4 Å². The van der Waals surface area contributed by atoms with Gasteiger partial charge in [0.05, 0.1) is 24.4 Å². The fraction of sp³-hybridized carbons (Fsp3) is 0.154. The smallest absolute Gasteiger partial charge is 0.344 e. The molecule has 0 unspecified atom stereocenters. The third-order valence-corrected chi connectivity index (χ3v) is 5.54. The summed E-state index contributed by atoms with van der Waals surface area (Å²) in [5, 5.41) is 40.0. The lowest BCUT2D eigenvalue weighted by molar-refractivity contribution is -0.121. The minimum absolute atomic E-state index is 0.0259. The van der Waals surface area contributed by atoms with Crippen LogP contribution >= 0.6 is 0 Å². The second-order valence-electron chi connectivity index (χ2n) is 7.92. The third kappa shape index (κ3) is 4.70. The molecule has 180 valence electrons. The van der Waals surface area contributed by atoms with Gasteiger partial charge in [-0.3, -0.25) is 4.79 Å². The van der Waals surface area contributed by atoms with Gasteiger partial charge in [-0.05, 0) is 48.4 Å². The van der Waals surface area contributed by atoms with E-state index in [2.05, 4.69) is 0 Å². The van der Waals surface area contributed by atoms with E-state index in [1.807, 2.05) is 0 Å². The molecular weight excluding hydrogens is 456 g/mol. The molecule has 2 atom stereocenters. The first-order valence-electron chi connectivity index (χ1n) is 10.5. The number of carbonyl (C=O) groups is 1. The highest BCUT2D eigenvalue weighted by atomic mass is 16.5. The number of ketones is 1. The Morgan fingerprint density at radius 2 is 1.63 bits per heavy atom. The molecule has 1 aromatic heterocycles. The number of phenols is 3. The number of phenolic OH excluding ortho intramolecular Hbond substituents is 3. The Balaban J connectivity index is 1.72. The number of methoxy groups -OCH3 is 1. The molecule has 4 N–H and O–H groups in total. The summed E-state index contributed by atoms with van der Waals surface area (Å²) in [6.45, 7) is 1.57. The van der Waals surface area contributed by atoms with E-state index < -0.39 is 34.9 Å². The van der Waals surface area contributed by atoms with Gasteiger partial charge in [-0.1, -0.05) is 18.2 Å². The minimum Gasteiger partial charge on any atom is -0.507 e. The van der Waals surface area contributed by atoms with Crippen molar-refractivity contribution in [3.05, 3.63) is 87.2 Å². The normalized spacial score (nSPS) is 17.8. The molecule has 4 rings (SSSR count). The Kier molecular flexibility index (Phi) is 6.24. The minimum atomic E-state index is -1.25. The Morgan fingerprint density at radius 1 is 0.886 bits per heavy atom. The largest absolute Gasteiger partial charge is 0.507 e. The van der Waals surface area contributed by atoms with E-state index in [1.54, 1.807) is 25.1 Å². The number of carbonyl (C=O) groups excluding carboxylic acids is 1. The van der Waals surface area contributed by atoms with E-state index in [9.17, 15) is 30.0 Å². The van der Waals surface area contributed by atoms with Gasteiger partial charge < -0.3 is 34.3 Å². The molecule has 2 heterocycles. The molecule has 0 amide bonds. The Labute approximate surface area is 199 Å². The highest BCUT2D eigenvalue weighted by Gasteiger charge is 2.39. The molecule has 9 heteroatoms. The molecule has 0 saturated heterocycles. The van der Waals surface area contributed by atoms with E-state index in [4.69, 9.17) is 13.9 Å². The lowest BCUT2D eigenvalue weighted by atomic mass is 9.84. The van der Waals surface area contributed by atoms with Crippen molar-refractivity contribution < 1.29 is 39.1 Å². The van der Waals surface area contributed by atoms with Gasteiger partial charge in [0.1, 0.15) is 17.6 Å². The highest BCUT2D eigenvalue weighted by molar-refractivity contribution is 5.97. The van der Waals surface area contributed by atoms with Crippen molar-refractivity contribution >= 4 is 17.9 Å². The van der Waals surface area contributed by atoms with Crippen molar-refractivity contribution in [2.24, 2.45) is 0 Å². The second-order valence-corrected chi connectivity index (χ2v) is 7.92. The van der Waals surface area contributed by atoms with Crippen molar-refractivity contribution in [3.63, 3.8) is 0 Å². The zero-order valence-corrected chi connectivity index (χ0v) is 18.8. The Morgan fingerprint density at radius 3 is 2.31 bits per heavy atom. The summed E-state index contributed by atoms with van der Waals surface area (Å²) >= 11 is 0. The van der Waals surface area contributed by atoms with Gasteiger partial charge in [0, 0.05) is 12.1 Å². The molecular formula is C26H22O9. The van der Waals surface area contributed by atoms with Crippen molar-refractivity contribution in [2.45, 2.75) is 18.9 Å². The molecule has 0 radical (unpaired) electrons. The van der Waals surface area contributed by atoms with E-state index in [1.165, 1.54) is 49.6 Å². The summed E-state index contributed by atoms with van der Waals surface area (Å²) in [6, 6.07) is 9.74. The molecule has 3 aromatic rings. The van der Waals surface area contributed by atoms with Crippen LogP contribution in [0.25, 0.3) is 12.2 Å². The van der Waals surface area contributed by atoms with Crippen LogP contribution in [0.15, 0.2) is 63.5 Å². The molecule has 0 spiro atoms. The number of hydrogen-bond acceptors (Lipinski definition) is 9. The van der Waals surface area contributed by atoms with Gasteiger partial charge >= 0.3 is 5.63 Å². The van der Waals surface area contributed by atoms with Gasteiger partial charge in [-0.25, -0.2) is 4.79 Å². The monoisotopic (exact) mass is 478 g/mol. The number of ether oxygens (including phenoxy) is 2. The van der Waals surface area contributed by atoms with Crippen LogP contribution in [0, 0.1) is 0 Å². The predicted molar refractivity (Wildman–Crippen MR) is 125 cm³/mol. The van der Waals surface area contributed by atoms with Crippen LogP contribution in [0.4, 0.5) is 0 Å². The Hall–Kier alpha value is -4.66. The van der Waals surface area contributed by atoms with E-state index in [-0.39, 0.29) is 34.3 Å². The van der Waals surface area contributed by atoms with Crippen molar-refractivity contribution in [1.29, 1.82) is 0 Å². The first-order chi connectivity index (χ1) is 16.7. The fourth-order valence-corrected chi connectivity index (χ4v) is 3.87. The Bertz CT molecular complexity index is 1410. The zero-order valence-electron chi connectivity index (χ0n) is 18.8.